The Morgan fingerprint density at radius 1 is 1.30 bits per heavy atom. The summed E-state index contributed by atoms with van der Waals surface area (Å²) in [4.78, 5) is 31.2. The van der Waals surface area contributed by atoms with Crippen LogP contribution in [0.1, 0.15) is 23.2 Å². The number of hydrogen-bond donors (Lipinski definition) is 1. The lowest BCUT2D eigenvalue weighted by atomic mass is 10.0. The first-order valence-corrected chi connectivity index (χ1v) is 10.4. The van der Waals surface area contributed by atoms with Crippen molar-refractivity contribution in [3.05, 3.63) is 36.0 Å². The SMILES string of the molecule is COCCN1C(=O)CS(=O)C12CCN(C(=O)c1ccc3cc[nH]c3c1)CC2. The highest BCUT2D eigenvalue weighted by Gasteiger charge is 2.52. The Balaban J connectivity index is 1.49. The van der Waals surface area contributed by atoms with Crippen LogP contribution in [0.2, 0.25) is 0 Å². The van der Waals surface area contributed by atoms with E-state index in [0.717, 1.165) is 10.9 Å². The highest BCUT2D eigenvalue weighted by atomic mass is 32.2. The van der Waals surface area contributed by atoms with Gasteiger partial charge in [0.2, 0.25) is 5.91 Å². The van der Waals surface area contributed by atoms with Crippen LogP contribution in [0.25, 0.3) is 10.9 Å². The third kappa shape index (κ3) is 3.06. The summed E-state index contributed by atoms with van der Waals surface area (Å²) in [6, 6.07) is 7.60. The Morgan fingerprint density at radius 3 is 2.81 bits per heavy atom. The van der Waals surface area contributed by atoms with Gasteiger partial charge in [0, 0.05) is 56.9 Å². The van der Waals surface area contributed by atoms with E-state index in [0.29, 0.717) is 44.6 Å². The Kier molecular flexibility index (Phi) is 4.77. The number of aromatic amines is 1. The van der Waals surface area contributed by atoms with Crippen molar-refractivity contribution in [1.82, 2.24) is 14.8 Å². The zero-order valence-corrected chi connectivity index (χ0v) is 16.1. The number of H-pyrrole nitrogens is 1. The van der Waals surface area contributed by atoms with Crippen molar-refractivity contribution in [1.29, 1.82) is 0 Å². The van der Waals surface area contributed by atoms with E-state index < -0.39 is 15.7 Å². The molecule has 2 amide bonds. The summed E-state index contributed by atoms with van der Waals surface area (Å²) >= 11 is 0. The Labute approximate surface area is 160 Å². The van der Waals surface area contributed by atoms with Crippen LogP contribution in [0.4, 0.5) is 0 Å². The van der Waals surface area contributed by atoms with Crippen LogP contribution in [0.3, 0.4) is 0 Å². The summed E-state index contributed by atoms with van der Waals surface area (Å²) in [6.45, 7) is 1.84. The van der Waals surface area contributed by atoms with Gasteiger partial charge in [0.25, 0.3) is 5.91 Å². The summed E-state index contributed by atoms with van der Waals surface area (Å²) in [5.41, 5.74) is 1.57. The predicted octanol–water partition coefficient (Wildman–Crippen LogP) is 1.34. The third-order valence-electron chi connectivity index (χ3n) is 5.62. The van der Waals surface area contributed by atoms with Gasteiger partial charge in [-0.15, -0.1) is 0 Å². The molecule has 7 nitrogen and oxygen atoms in total. The van der Waals surface area contributed by atoms with Gasteiger partial charge in [-0.1, -0.05) is 6.07 Å². The Bertz CT molecular complexity index is 901. The highest BCUT2D eigenvalue weighted by Crippen LogP contribution is 2.37. The van der Waals surface area contributed by atoms with Gasteiger partial charge in [-0.2, -0.15) is 0 Å². The number of fused-ring (bicyclic) bond motifs is 1. The maximum absolute atomic E-state index is 12.9. The van der Waals surface area contributed by atoms with Gasteiger partial charge in [0.15, 0.2) is 0 Å². The molecule has 0 bridgehead atoms. The molecule has 2 aliphatic rings. The van der Waals surface area contributed by atoms with Crippen molar-refractivity contribution < 1.29 is 18.5 Å². The lowest BCUT2D eigenvalue weighted by Crippen LogP contribution is -2.56. The number of hydrogen-bond acceptors (Lipinski definition) is 4. The molecule has 1 spiro atoms. The topological polar surface area (TPSA) is 82.7 Å². The van der Waals surface area contributed by atoms with E-state index in [-0.39, 0.29) is 17.6 Å². The number of carbonyl (C=O) groups is 2. The molecule has 2 aromatic rings. The fourth-order valence-electron chi connectivity index (χ4n) is 4.11. The van der Waals surface area contributed by atoms with Crippen LogP contribution < -0.4 is 0 Å². The maximum Gasteiger partial charge on any atom is 0.253 e. The minimum Gasteiger partial charge on any atom is -0.383 e. The van der Waals surface area contributed by atoms with Crippen LogP contribution in [0.15, 0.2) is 30.5 Å². The van der Waals surface area contributed by atoms with Crippen LogP contribution in [0.5, 0.6) is 0 Å². The molecule has 2 saturated heterocycles. The molecule has 144 valence electrons. The van der Waals surface area contributed by atoms with Crippen molar-refractivity contribution in [2.24, 2.45) is 0 Å². The van der Waals surface area contributed by atoms with E-state index >= 15 is 0 Å². The number of nitrogens with zero attached hydrogens (tertiary/aromatic N) is 2. The number of amides is 2. The molecular formula is C19H23N3O4S. The van der Waals surface area contributed by atoms with Crippen LogP contribution in [-0.4, -0.2) is 74.8 Å². The smallest absolute Gasteiger partial charge is 0.253 e. The lowest BCUT2D eigenvalue weighted by molar-refractivity contribution is -0.131. The standard InChI is InChI=1S/C19H23N3O4S/c1-26-11-10-22-17(23)13-27(25)19(22)5-8-21(9-6-19)18(24)15-3-2-14-4-7-20-16(14)12-15/h2-4,7,12,20H,5-6,8-11,13H2,1H3. The van der Waals surface area contributed by atoms with Crippen molar-refractivity contribution in [3.8, 4) is 0 Å². The fraction of sp³-hybridized carbons (Fsp3) is 0.474. The summed E-state index contributed by atoms with van der Waals surface area (Å²) < 4.78 is 17.8. The monoisotopic (exact) mass is 389 g/mol. The molecule has 0 radical (unpaired) electrons. The van der Waals surface area contributed by atoms with Gasteiger partial charge in [-0.3, -0.25) is 13.8 Å². The molecule has 1 aromatic heterocycles. The molecule has 2 aliphatic heterocycles. The zero-order valence-electron chi connectivity index (χ0n) is 15.3. The summed E-state index contributed by atoms with van der Waals surface area (Å²) in [6.07, 6.45) is 2.92. The normalized spacial score (nSPS) is 22.1. The molecule has 1 unspecified atom stereocenters. The predicted molar refractivity (Wildman–Crippen MR) is 103 cm³/mol. The quantitative estimate of drug-likeness (QED) is 0.855. The van der Waals surface area contributed by atoms with Crippen molar-refractivity contribution in [2.75, 3.05) is 39.1 Å². The van der Waals surface area contributed by atoms with E-state index in [1.807, 2.05) is 30.5 Å². The second kappa shape index (κ2) is 7.09. The number of piperidine rings is 1. The average molecular weight is 389 g/mol. The first kappa shape index (κ1) is 18.2. The summed E-state index contributed by atoms with van der Waals surface area (Å²) in [5, 5.41) is 1.07. The molecule has 3 heterocycles. The first-order chi connectivity index (χ1) is 13.0. The number of methoxy groups -OCH3 is 1. The van der Waals surface area contributed by atoms with Gasteiger partial charge in [0.1, 0.15) is 10.6 Å². The van der Waals surface area contributed by atoms with Gasteiger partial charge < -0.3 is 19.5 Å². The number of benzene rings is 1. The van der Waals surface area contributed by atoms with E-state index in [9.17, 15) is 13.8 Å². The van der Waals surface area contributed by atoms with E-state index in [1.54, 1.807) is 16.9 Å². The number of ether oxygens (including phenoxy) is 1. The molecule has 1 aromatic carbocycles. The largest absolute Gasteiger partial charge is 0.383 e. The number of likely N-dealkylation sites (tertiary alicyclic amines) is 1. The van der Waals surface area contributed by atoms with Crippen molar-refractivity contribution in [3.63, 3.8) is 0 Å². The van der Waals surface area contributed by atoms with Crippen LogP contribution in [0, 0.1) is 0 Å². The summed E-state index contributed by atoms with van der Waals surface area (Å²) in [7, 11) is 0.350. The fourth-order valence-corrected chi connectivity index (χ4v) is 5.83. The van der Waals surface area contributed by atoms with Gasteiger partial charge in [-0.25, -0.2) is 0 Å². The molecule has 2 fully saturated rings. The second-order valence-electron chi connectivity index (χ2n) is 7.05. The van der Waals surface area contributed by atoms with E-state index in [4.69, 9.17) is 4.74 Å². The third-order valence-corrected chi connectivity index (χ3v) is 7.61. The minimum absolute atomic E-state index is 0.0279. The molecule has 0 aliphatic carbocycles. The number of aromatic nitrogens is 1. The Hall–Kier alpha value is -2.19. The minimum atomic E-state index is -1.24. The number of carbonyl (C=O) groups excluding carboxylic acids is 2. The van der Waals surface area contributed by atoms with Gasteiger partial charge in [-0.05, 0) is 23.6 Å². The molecule has 1 N–H and O–H groups in total. The van der Waals surface area contributed by atoms with Crippen LogP contribution >= 0.6 is 0 Å². The maximum atomic E-state index is 12.9. The average Bonchev–Trinajstić information content (AvgIpc) is 3.23. The molecule has 1 atom stereocenters. The first-order valence-electron chi connectivity index (χ1n) is 9.09. The molecular weight excluding hydrogens is 366 g/mol. The summed E-state index contributed by atoms with van der Waals surface area (Å²) in [5.74, 6) is -0.0384. The molecule has 0 saturated carbocycles. The zero-order chi connectivity index (χ0) is 19.0. The number of rotatable bonds is 4. The highest BCUT2D eigenvalue weighted by molar-refractivity contribution is 7.87. The van der Waals surface area contributed by atoms with Gasteiger partial charge in [0.05, 0.1) is 17.4 Å². The molecule has 8 heteroatoms. The second-order valence-corrected chi connectivity index (χ2v) is 8.79. The van der Waals surface area contributed by atoms with E-state index in [2.05, 4.69) is 4.98 Å². The van der Waals surface area contributed by atoms with E-state index in [1.165, 1.54) is 0 Å². The number of nitrogens with one attached hydrogen (secondary N) is 1. The van der Waals surface area contributed by atoms with Crippen molar-refractivity contribution in [2.45, 2.75) is 17.7 Å². The molecule has 4 rings (SSSR count). The lowest BCUT2D eigenvalue weighted by Gasteiger charge is -2.43. The van der Waals surface area contributed by atoms with Crippen molar-refractivity contribution >= 4 is 33.5 Å². The molecule has 27 heavy (non-hydrogen) atoms. The Morgan fingerprint density at radius 2 is 2.07 bits per heavy atom. The van der Waals surface area contributed by atoms with Gasteiger partial charge >= 0.3 is 0 Å². The van der Waals surface area contributed by atoms with Crippen LogP contribution in [-0.2, 0) is 20.3 Å².